The molecule has 0 aromatic heterocycles. The molecule has 0 aliphatic carbocycles. The Bertz CT molecular complexity index is 1180. The van der Waals surface area contributed by atoms with Gasteiger partial charge in [0.2, 0.25) is 5.91 Å². The number of likely N-dealkylation sites (tertiary alicyclic amines) is 2. The van der Waals surface area contributed by atoms with Crippen molar-refractivity contribution in [2.75, 3.05) is 58.5 Å². The Hall–Kier alpha value is -3.75. The summed E-state index contributed by atoms with van der Waals surface area (Å²) in [5.74, 6) is 1.34. The van der Waals surface area contributed by atoms with E-state index in [0.717, 1.165) is 31.6 Å². The summed E-state index contributed by atoms with van der Waals surface area (Å²) in [5, 5.41) is 0. The highest BCUT2D eigenvalue weighted by atomic mass is 16.5. The van der Waals surface area contributed by atoms with Crippen LogP contribution in [0.3, 0.4) is 0 Å². The highest BCUT2D eigenvalue weighted by Gasteiger charge is 2.54. The molecule has 0 radical (unpaired) electrons. The summed E-state index contributed by atoms with van der Waals surface area (Å²) in [4.78, 5) is 48.3. The third-order valence-corrected chi connectivity index (χ3v) is 8.56. The van der Waals surface area contributed by atoms with Gasteiger partial charge in [-0.2, -0.15) is 0 Å². The maximum absolute atomic E-state index is 14.1. The molecule has 9 nitrogen and oxygen atoms in total. The van der Waals surface area contributed by atoms with Crippen molar-refractivity contribution in [2.24, 2.45) is 5.92 Å². The number of rotatable bonds is 6. The van der Waals surface area contributed by atoms with Crippen molar-refractivity contribution in [3.8, 4) is 11.5 Å². The van der Waals surface area contributed by atoms with Crippen LogP contribution in [-0.4, -0.2) is 91.6 Å². The number of methoxy groups -OCH3 is 2. The normalized spacial score (nSPS) is 19.5. The molecule has 2 aromatic rings. The molecule has 0 N–H and O–H groups in total. The number of carbonyl (C=O) groups is 3. The number of amides is 3. The fourth-order valence-corrected chi connectivity index (χ4v) is 6.14. The fourth-order valence-electron chi connectivity index (χ4n) is 6.14. The maximum Gasteiger partial charge on any atom is 0.261 e. The Labute approximate surface area is 230 Å². The first kappa shape index (κ1) is 26.8. The van der Waals surface area contributed by atoms with E-state index in [1.807, 2.05) is 35.2 Å². The molecule has 3 fully saturated rings. The van der Waals surface area contributed by atoms with Crippen LogP contribution in [0.5, 0.6) is 11.5 Å². The summed E-state index contributed by atoms with van der Waals surface area (Å²) in [6.45, 7) is 4.96. The molecule has 0 bridgehead atoms. The minimum absolute atomic E-state index is 0.0104. The second-order valence-corrected chi connectivity index (χ2v) is 10.8. The number of piperidine rings is 2. The highest BCUT2D eigenvalue weighted by Crippen LogP contribution is 2.40. The van der Waals surface area contributed by atoms with Crippen molar-refractivity contribution in [1.29, 1.82) is 0 Å². The second kappa shape index (κ2) is 11.2. The number of benzene rings is 2. The van der Waals surface area contributed by atoms with Crippen LogP contribution in [0.15, 0.2) is 48.5 Å². The van der Waals surface area contributed by atoms with Gasteiger partial charge in [0, 0.05) is 31.9 Å². The molecule has 0 saturated carbocycles. The lowest BCUT2D eigenvalue weighted by atomic mass is 9.85. The van der Waals surface area contributed by atoms with Crippen LogP contribution >= 0.6 is 0 Å². The molecule has 2 aromatic carbocycles. The summed E-state index contributed by atoms with van der Waals surface area (Å²) in [6.07, 6.45) is 2.94. The van der Waals surface area contributed by atoms with Gasteiger partial charge in [-0.05, 0) is 55.9 Å². The Kier molecular flexibility index (Phi) is 7.68. The Morgan fingerprint density at radius 3 is 2.08 bits per heavy atom. The topological polar surface area (TPSA) is 82.6 Å². The first-order valence-corrected chi connectivity index (χ1v) is 13.8. The monoisotopic (exact) mass is 534 g/mol. The van der Waals surface area contributed by atoms with E-state index in [0.29, 0.717) is 55.6 Å². The molecule has 3 saturated heterocycles. The Balaban J connectivity index is 1.36. The van der Waals surface area contributed by atoms with Crippen LogP contribution in [0.1, 0.15) is 43.0 Å². The zero-order valence-corrected chi connectivity index (χ0v) is 23.1. The zero-order valence-electron chi connectivity index (χ0n) is 23.1. The smallest absolute Gasteiger partial charge is 0.261 e. The third kappa shape index (κ3) is 5.02. The van der Waals surface area contributed by atoms with Gasteiger partial charge in [-0.1, -0.05) is 31.2 Å². The van der Waals surface area contributed by atoms with Crippen molar-refractivity contribution in [3.05, 3.63) is 54.1 Å². The molecule has 1 spiro atoms. The summed E-state index contributed by atoms with van der Waals surface area (Å²) in [6, 6.07) is 15.2. The summed E-state index contributed by atoms with van der Waals surface area (Å²) in [5.41, 5.74) is 0.526. The first-order valence-electron chi connectivity index (χ1n) is 13.8. The van der Waals surface area contributed by atoms with E-state index >= 15 is 0 Å². The van der Waals surface area contributed by atoms with Gasteiger partial charge in [0.1, 0.15) is 29.1 Å². The molecule has 0 unspecified atom stereocenters. The van der Waals surface area contributed by atoms with Gasteiger partial charge in [-0.25, -0.2) is 0 Å². The van der Waals surface area contributed by atoms with Crippen molar-refractivity contribution in [1.82, 2.24) is 14.7 Å². The van der Waals surface area contributed by atoms with Crippen molar-refractivity contribution >= 4 is 23.4 Å². The van der Waals surface area contributed by atoms with Crippen molar-refractivity contribution in [2.45, 2.75) is 38.1 Å². The molecule has 3 heterocycles. The molecular formula is C30H38N4O5. The molecule has 9 heteroatoms. The van der Waals surface area contributed by atoms with E-state index in [-0.39, 0.29) is 24.3 Å². The van der Waals surface area contributed by atoms with E-state index in [4.69, 9.17) is 9.47 Å². The van der Waals surface area contributed by atoms with E-state index in [1.54, 1.807) is 28.0 Å². The average Bonchev–Trinajstić information content (AvgIpc) is 3.23. The van der Waals surface area contributed by atoms with E-state index < -0.39 is 5.54 Å². The average molecular weight is 535 g/mol. The predicted molar refractivity (Wildman–Crippen MR) is 148 cm³/mol. The number of anilines is 1. The van der Waals surface area contributed by atoms with Gasteiger partial charge in [0.15, 0.2) is 0 Å². The van der Waals surface area contributed by atoms with Gasteiger partial charge in [-0.3, -0.25) is 14.4 Å². The quantitative estimate of drug-likeness (QED) is 0.566. The first-order chi connectivity index (χ1) is 18.9. The fraction of sp³-hybridized carbons (Fsp3) is 0.500. The van der Waals surface area contributed by atoms with Gasteiger partial charge in [-0.15, -0.1) is 0 Å². The highest BCUT2D eigenvalue weighted by molar-refractivity contribution is 6.01. The van der Waals surface area contributed by atoms with Gasteiger partial charge >= 0.3 is 0 Å². The number of carbonyl (C=O) groups excluding carboxylic acids is 3. The largest absolute Gasteiger partial charge is 0.496 e. The minimum Gasteiger partial charge on any atom is -0.496 e. The number of hydrogen-bond donors (Lipinski definition) is 0. The summed E-state index contributed by atoms with van der Waals surface area (Å²) < 4.78 is 10.9. The lowest BCUT2D eigenvalue weighted by Gasteiger charge is -2.43. The number of ether oxygens (including phenoxy) is 2. The molecule has 3 aliphatic heterocycles. The van der Waals surface area contributed by atoms with E-state index in [1.165, 1.54) is 14.2 Å². The molecule has 3 aliphatic rings. The summed E-state index contributed by atoms with van der Waals surface area (Å²) >= 11 is 0. The number of hydrogen-bond acceptors (Lipinski definition) is 6. The lowest BCUT2D eigenvalue weighted by Crippen LogP contribution is -2.57. The van der Waals surface area contributed by atoms with E-state index in [9.17, 15) is 14.4 Å². The molecule has 0 atom stereocenters. The number of para-hydroxylation sites is 1. The van der Waals surface area contributed by atoms with E-state index in [2.05, 4.69) is 11.8 Å². The maximum atomic E-state index is 14.1. The molecular weight excluding hydrogens is 496 g/mol. The SMILES string of the molecule is COc1cccc(OC)c1C(=O)N1CCC2(CC1)C(=O)N(CC(=O)N1CCC(C)CC1)CN2c1ccccc1. The molecule has 208 valence electrons. The van der Waals surface area contributed by atoms with Crippen molar-refractivity contribution < 1.29 is 23.9 Å². The van der Waals surface area contributed by atoms with Crippen LogP contribution < -0.4 is 14.4 Å². The van der Waals surface area contributed by atoms with Gasteiger partial charge < -0.3 is 29.1 Å². The van der Waals surface area contributed by atoms with Crippen molar-refractivity contribution in [3.63, 3.8) is 0 Å². The van der Waals surface area contributed by atoms with Gasteiger partial charge in [0.25, 0.3) is 11.8 Å². The predicted octanol–water partition coefficient (Wildman–Crippen LogP) is 3.24. The third-order valence-electron chi connectivity index (χ3n) is 8.56. The Morgan fingerprint density at radius 1 is 0.872 bits per heavy atom. The van der Waals surface area contributed by atoms with Crippen LogP contribution in [0.4, 0.5) is 5.69 Å². The molecule has 39 heavy (non-hydrogen) atoms. The van der Waals surface area contributed by atoms with Crippen LogP contribution in [0.2, 0.25) is 0 Å². The van der Waals surface area contributed by atoms with Crippen LogP contribution in [-0.2, 0) is 9.59 Å². The zero-order chi connectivity index (χ0) is 27.6. The molecule has 3 amide bonds. The van der Waals surface area contributed by atoms with Crippen LogP contribution in [0, 0.1) is 5.92 Å². The standard InChI is InChI=1S/C30H38N4O5/c1-22-12-16-31(17-13-22)26(35)20-33-21-34(23-8-5-4-6-9-23)30(29(33)37)14-18-32(19-15-30)28(36)27-24(38-2)10-7-11-25(27)39-3/h4-11,22H,12-21H2,1-3H3. The minimum atomic E-state index is -0.806. The number of nitrogens with zero attached hydrogens (tertiary/aromatic N) is 4. The second-order valence-electron chi connectivity index (χ2n) is 10.8. The van der Waals surface area contributed by atoms with Gasteiger partial charge in [0.05, 0.1) is 20.9 Å². The van der Waals surface area contributed by atoms with Crippen LogP contribution in [0.25, 0.3) is 0 Å². The Morgan fingerprint density at radius 2 is 1.49 bits per heavy atom. The lowest BCUT2D eigenvalue weighted by molar-refractivity contribution is -0.141. The summed E-state index contributed by atoms with van der Waals surface area (Å²) in [7, 11) is 3.07. The molecule has 5 rings (SSSR count).